The van der Waals surface area contributed by atoms with Crippen LogP contribution in [0.15, 0.2) is 24.3 Å². The zero-order chi connectivity index (χ0) is 11.2. The molecule has 0 aliphatic heterocycles. The molecule has 2 bridgehead atoms. The summed E-state index contributed by atoms with van der Waals surface area (Å²) in [5.74, 6) is 0. The normalized spacial score (nSPS) is 37.6. The average Bonchev–Trinajstić information content (AvgIpc) is 2.30. The number of hydrogen-bond donors (Lipinski definition) is 1. The third kappa shape index (κ3) is 1.49. The van der Waals surface area contributed by atoms with Crippen molar-refractivity contribution < 1.29 is 0 Å². The topological polar surface area (TPSA) is 26.0 Å². The Hall–Kier alpha value is -0.820. The van der Waals surface area contributed by atoms with Gasteiger partial charge in [0.05, 0.1) is 0 Å². The molecule has 0 amide bonds. The minimum Gasteiger partial charge on any atom is -0.325 e. The van der Waals surface area contributed by atoms with Crippen molar-refractivity contribution in [2.45, 2.75) is 56.4 Å². The summed E-state index contributed by atoms with van der Waals surface area (Å²) in [6, 6.07) is 9.11. The first-order valence-corrected chi connectivity index (χ1v) is 6.48. The summed E-state index contributed by atoms with van der Waals surface area (Å²) in [7, 11) is 0. The van der Waals surface area contributed by atoms with Crippen LogP contribution in [0.5, 0.6) is 0 Å². The van der Waals surface area contributed by atoms with Crippen LogP contribution in [0, 0.1) is 6.92 Å². The molecule has 3 aliphatic rings. The maximum absolute atomic E-state index is 6.36. The fourth-order valence-corrected chi connectivity index (χ4v) is 3.62. The van der Waals surface area contributed by atoms with E-state index in [4.69, 9.17) is 5.73 Å². The van der Waals surface area contributed by atoms with Gasteiger partial charge in [-0.05, 0) is 56.4 Å². The maximum Gasteiger partial charge on any atom is 0.0155 e. The van der Waals surface area contributed by atoms with Crippen molar-refractivity contribution in [2.24, 2.45) is 5.73 Å². The van der Waals surface area contributed by atoms with Crippen LogP contribution in [0.25, 0.3) is 0 Å². The van der Waals surface area contributed by atoms with Crippen molar-refractivity contribution in [3.8, 4) is 0 Å². The van der Waals surface area contributed by atoms with Crippen molar-refractivity contribution in [3.05, 3.63) is 35.4 Å². The molecule has 1 aromatic carbocycles. The van der Waals surface area contributed by atoms with Crippen LogP contribution < -0.4 is 5.73 Å². The van der Waals surface area contributed by atoms with E-state index < -0.39 is 0 Å². The Kier molecular flexibility index (Phi) is 2.16. The first-order valence-electron chi connectivity index (χ1n) is 6.48. The van der Waals surface area contributed by atoms with Crippen molar-refractivity contribution in [2.75, 3.05) is 0 Å². The quantitative estimate of drug-likeness (QED) is 0.764. The number of benzene rings is 1. The van der Waals surface area contributed by atoms with E-state index >= 15 is 0 Å². The molecule has 3 fully saturated rings. The van der Waals surface area contributed by atoms with Gasteiger partial charge in [-0.2, -0.15) is 0 Å². The van der Waals surface area contributed by atoms with Gasteiger partial charge in [0.15, 0.2) is 0 Å². The van der Waals surface area contributed by atoms with E-state index in [9.17, 15) is 0 Å². The summed E-state index contributed by atoms with van der Waals surface area (Å²) < 4.78 is 0. The molecule has 16 heavy (non-hydrogen) atoms. The van der Waals surface area contributed by atoms with E-state index in [-0.39, 0.29) is 5.54 Å². The summed E-state index contributed by atoms with van der Waals surface area (Å²) >= 11 is 0. The molecule has 3 saturated carbocycles. The highest BCUT2D eigenvalue weighted by Crippen LogP contribution is 2.52. The average molecular weight is 215 g/mol. The van der Waals surface area contributed by atoms with Crippen LogP contribution in [0.2, 0.25) is 0 Å². The highest BCUT2D eigenvalue weighted by molar-refractivity contribution is 5.32. The van der Waals surface area contributed by atoms with Crippen LogP contribution in [-0.2, 0) is 5.41 Å². The minimum absolute atomic E-state index is 0.186. The zero-order valence-corrected chi connectivity index (χ0v) is 10.1. The SMILES string of the molecule is Cc1cccc(C23CCC(N)(CC2)CC3)c1. The Bertz CT molecular complexity index is 383. The zero-order valence-electron chi connectivity index (χ0n) is 10.1. The Morgan fingerprint density at radius 1 is 1.00 bits per heavy atom. The van der Waals surface area contributed by atoms with Crippen molar-refractivity contribution in [1.82, 2.24) is 0 Å². The Morgan fingerprint density at radius 2 is 1.62 bits per heavy atom. The van der Waals surface area contributed by atoms with Gasteiger partial charge in [-0.25, -0.2) is 0 Å². The van der Waals surface area contributed by atoms with Crippen molar-refractivity contribution >= 4 is 0 Å². The largest absolute Gasteiger partial charge is 0.325 e. The lowest BCUT2D eigenvalue weighted by Gasteiger charge is -2.52. The highest BCUT2D eigenvalue weighted by Gasteiger charge is 2.47. The van der Waals surface area contributed by atoms with E-state index in [0.29, 0.717) is 5.41 Å². The molecule has 3 aliphatic carbocycles. The lowest BCUT2D eigenvalue weighted by atomic mass is 9.55. The Balaban J connectivity index is 1.95. The molecule has 0 saturated heterocycles. The second kappa shape index (κ2) is 3.33. The van der Waals surface area contributed by atoms with Crippen LogP contribution in [-0.4, -0.2) is 5.54 Å². The molecule has 0 unspecified atom stereocenters. The standard InChI is InChI=1S/C15H21N/c1-12-3-2-4-13(11-12)14-5-8-15(16,9-6-14)10-7-14/h2-4,11H,5-10,16H2,1H3. The maximum atomic E-state index is 6.36. The summed E-state index contributed by atoms with van der Waals surface area (Å²) in [6.07, 6.45) is 7.57. The van der Waals surface area contributed by atoms with Crippen molar-refractivity contribution in [1.29, 1.82) is 0 Å². The molecule has 86 valence electrons. The van der Waals surface area contributed by atoms with Gasteiger partial charge >= 0.3 is 0 Å². The second-order valence-electron chi connectivity index (χ2n) is 6.01. The fourth-order valence-electron chi connectivity index (χ4n) is 3.62. The smallest absolute Gasteiger partial charge is 0.0155 e. The Morgan fingerprint density at radius 3 is 2.19 bits per heavy atom. The lowest BCUT2D eigenvalue weighted by molar-refractivity contribution is 0.107. The molecule has 0 heterocycles. The molecule has 0 atom stereocenters. The van der Waals surface area contributed by atoms with Gasteiger partial charge in [0.2, 0.25) is 0 Å². The van der Waals surface area contributed by atoms with Crippen molar-refractivity contribution in [3.63, 3.8) is 0 Å². The van der Waals surface area contributed by atoms with Gasteiger partial charge < -0.3 is 5.73 Å². The van der Waals surface area contributed by atoms with Gasteiger partial charge in [-0.15, -0.1) is 0 Å². The van der Waals surface area contributed by atoms with E-state index in [2.05, 4.69) is 31.2 Å². The third-order valence-electron chi connectivity index (χ3n) is 4.93. The molecular weight excluding hydrogens is 194 g/mol. The predicted molar refractivity (Wildman–Crippen MR) is 67.5 cm³/mol. The summed E-state index contributed by atoms with van der Waals surface area (Å²) in [6.45, 7) is 2.19. The molecule has 0 spiro atoms. The van der Waals surface area contributed by atoms with Gasteiger partial charge in [0.25, 0.3) is 0 Å². The number of aryl methyl sites for hydroxylation is 1. The Labute approximate surface area is 98.0 Å². The first-order chi connectivity index (χ1) is 7.62. The third-order valence-corrected chi connectivity index (χ3v) is 4.93. The molecule has 1 aromatic rings. The highest BCUT2D eigenvalue weighted by atomic mass is 14.8. The molecule has 0 radical (unpaired) electrons. The molecule has 0 aromatic heterocycles. The molecule has 4 rings (SSSR count). The number of fused-ring (bicyclic) bond motifs is 3. The first kappa shape index (κ1) is 10.3. The van der Waals surface area contributed by atoms with E-state index in [1.165, 1.54) is 44.1 Å². The van der Waals surface area contributed by atoms with Gasteiger partial charge in [0.1, 0.15) is 0 Å². The van der Waals surface area contributed by atoms with Crippen LogP contribution in [0.4, 0.5) is 0 Å². The van der Waals surface area contributed by atoms with Crippen LogP contribution in [0.3, 0.4) is 0 Å². The van der Waals surface area contributed by atoms with E-state index in [0.717, 1.165) is 0 Å². The summed E-state index contributed by atoms with van der Waals surface area (Å²) in [5.41, 5.74) is 9.97. The number of hydrogen-bond acceptors (Lipinski definition) is 1. The van der Waals surface area contributed by atoms with Gasteiger partial charge in [-0.1, -0.05) is 29.8 Å². The fraction of sp³-hybridized carbons (Fsp3) is 0.600. The van der Waals surface area contributed by atoms with Crippen LogP contribution in [0.1, 0.15) is 49.7 Å². The summed E-state index contributed by atoms with van der Waals surface area (Å²) in [5, 5.41) is 0. The second-order valence-corrected chi connectivity index (χ2v) is 6.01. The number of nitrogens with two attached hydrogens (primary N) is 1. The van der Waals surface area contributed by atoms with E-state index in [1.807, 2.05) is 0 Å². The van der Waals surface area contributed by atoms with Gasteiger partial charge in [-0.3, -0.25) is 0 Å². The van der Waals surface area contributed by atoms with E-state index in [1.54, 1.807) is 5.56 Å². The molecule has 1 nitrogen and oxygen atoms in total. The molecular formula is C15H21N. The number of rotatable bonds is 1. The lowest BCUT2D eigenvalue weighted by Crippen LogP contribution is -2.53. The summed E-state index contributed by atoms with van der Waals surface area (Å²) in [4.78, 5) is 0. The predicted octanol–water partition coefficient (Wildman–Crippen LogP) is 3.30. The molecule has 2 N–H and O–H groups in total. The monoisotopic (exact) mass is 215 g/mol. The minimum atomic E-state index is 0.186. The van der Waals surface area contributed by atoms with Gasteiger partial charge in [0, 0.05) is 5.54 Å². The molecule has 1 heteroatoms. The van der Waals surface area contributed by atoms with Crippen LogP contribution >= 0.6 is 0 Å².